The molecule has 0 radical (unpaired) electrons. The highest BCUT2D eigenvalue weighted by atomic mass is 16.1. The zero-order valence-corrected chi connectivity index (χ0v) is 11.6. The van der Waals surface area contributed by atoms with Gasteiger partial charge < -0.3 is 10.6 Å². The Labute approximate surface area is 116 Å². The van der Waals surface area contributed by atoms with E-state index in [1.165, 1.54) is 17.2 Å². The number of aromatic nitrogens is 4. The SMILES string of the molecule is Cc1nc(NCCC2CCCNC2)cc2n[nH]c(=O)n12. The second kappa shape index (κ2) is 5.62. The van der Waals surface area contributed by atoms with Gasteiger partial charge in [-0.25, -0.2) is 19.3 Å². The fraction of sp³-hybridized carbons (Fsp3) is 0.615. The van der Waals surface area contributed by atoms with Crippen molar-refractivity contribution < 1.29 is 0 Å². The van der Waals surface area contributed by atoms with Crippen molar-refractivity contribution in [3.63, 3.8) is 0 Å². The molecule has 1 atom stereocenters. The van der Waals surface area contributed by atoms with Crippen LogP contribution < -0.4 is 16.3 Å². The number of rotatable bonds is 4. The molecule has 1 unspecified atom stereocenters. The molecule has 7 nitrogen and oxygen atoms in total. The van der Waals surface area contributed by atoms with Crippen LogP contribution in [0.3, 0.4) is 0 Å². The highest BCUT2D eigenvalue weighted by Crippen LogP contribution is 2.14. The van der Waals surface area contributed by atoms with Crippen LogP contribution in [0.2, 0.25) is 0 Å². The Kier molecular flexibility index (Phi) is 3.68. The van der Waals surface area contributed by atoms with Crippen LogP contribution in [0.4, 0.5) is 5.82 Å². The molecule has 0 aromatic carbocycles. The molecule has 20 heavy (non-hydrogen) atoms. The van der Waals surface area contributed by atoms with Gasteiger partial charge in [0.1, 0.15) is 11.6 Å². The van der Waals surface area contributed by atoms with Gasteiger partial charge in [-0.3, -0.25) is 0 Å². The van der Waals surface area contributed by atoms with Gasteiger partial charge in [-0.2, -0.15) is 5.10 Å². The van der Waals surface area contributed by atoms with Gasteiger partial charge in [0.2, 0.25) is 0 Å². The molecule has 1 fully saturated rings. The van der Waals surface area contributed by atoms with Crippen LogP contribution in [-0.4, -0.2) is 39.2 Å². The van der Waals surface area contributed by atoms with E-state index in [-0.39, 0.29) is 5.69 Å². The number of fused-ring (bicyclic) bond motifs is 1. The van der Waals surface area contributed by atoms with E-state index >= 15 is 0 Å². The minimum absolute atomic E-state index is 0.246. The molecule has 0 amide bonds. The number of nitrogens with zero attached hydrogens (tertiary/aromatic N) is 3. The third-order valence-electron chi connectivity index (χ3n) is 3.83. The molecule has 108 valence electrons. The third-order valence-corrected chi connectivity index (χ3v) is 3.83. The predicted molar refractivity (Wildman–Crippen MR) is 77.0 cm³/mol. The predicted octanol–water partition coefficient (Wildman–Crippen LogP) is 0.528. The normalized spacial score (nSPS) is 19.4. The number of aromatic amines is 1. The van der Waals surface area contributed by atoms with Crippen LogP contribution in [0.25, 0.3) is 5.65 Å². The van der Waals surface area contributed by atoms with E-state index in [0.717, 1.165) is 37.8 Å². The molecular weight excluding hydrogens is 256 g/mol. The second-order valence-electron chi connectivity index (χ2n) is 5.34. The lowest BCUT2D eigenvalue weighted by Crippen LogP contribution is -2.30. The molecule has 3 rings (SSSR count). The van der Waals surface area contributed by atoms with Crippen LogP contribution in [-0.2, 0) is 0 Å². The first kappa shape index (κ1) is 13.1. The third kappa shape index (κ3) is 2.67. The quantitative estimate of drug-likeness (QED) is 0.758. The van der Waals surface area contributed by atoms with Crippen LogP contribution in [0, 0.1) is 12.8 Å². The van der Waals surface area contributed by atoms with Gasteiger partial charge in [-0.05, 0) is 45.2 Å². The topological polar surface area (TPSA) is 87.1 Å². The Morgan fingerprint density at radius 3 is 3.25 bits per heavy atom. The Morgan fingerprint density at radius 2 is 2.45 bits per heavy atom. The van der Waals surface area contributed by atoms with Crippen molar-refractivity contribution in [3.05, 3.63) is 22.4 Å². The van der Waals surface area contributed by atoms with Gasteiger partial charge in [-0.15, -0.1) is 0 Å². The van der Waals surface area contributed by atoms with Crippen LogP contribution in [0.5, 0.6) is 0 Å². The largest absolute Gasteiger partial charge is 0.370 e. The average Bonchev–Trinajstić information content (AvgIpc) is 2.82. The van der Waals surface area contributed by atoms with Crippen molar-refractivity contribution in [3.8, 4) is 0 Å². The molecule has 0 bridgehead atoms. The number of nitrogens with one attached hydrogen (secondary N) is 3. The first-order valence-electron chi connectivity index (χ1n) is 7.13. The van der Waals surface area contributed by atoms with Crippen LogP contribution in [0.1, 0.15) is 25.1 Å². The molecule has 0 aliphatic carbocycles. The second-order valence-corrected chi connectivity index (χ2v) is 5.34. The maximum absolute atomic E-state index is 11.5. The monoisotopic (exact) mass is 276 g/mol. The van der Waals surface area contributed by atoms with Crippen molar-refractivity contribution in [1.82, 2.24) is 24.9 Å². The Balaban J connectivity index is 1.64. The van der Waals surface area contributed by atoms with Gasteiger partial charge in [0.05, 0.1) is 0 Å². The number of hydrogen-bond donors (Lipinski definition) is 3. The first-order chi connectivity index (χ1) is 9.74. The highest BCUT2D eigenvalue weighted by Gasteiger charge is 2.12. The van der Waals surface area contributed by atoms with Gasteiger partial charge in [-0.1, -0.05) is 0 Å². The van der Waals surface area contributed by atoms with Gasteiger partial charge >= 0.3 is 5.69 Å². The van der Waals surface area contributed by atoms with Crippen LogP contribution in [0.15, 0.2) is 10.9 Å². The molecule has 7 heteroatoms. The van der Waals surface area contributed by atoms with E-state index < -0.39 is 0 Å². The fourth-order valence-electron chi connectivity index (χ4n) is 2.76. The van der Waals surface area contributed by atoms with E-state index in [4.69, 9.17) is 0 Å². The number of piperidine rings is 1. The van der Waals surface area contributed by atoms with E-state index in [0.29, 0.717) is 11.5 Å². The summed E-state index contributed by atoms with van der Waals surface area (Å²) in [6.45, 7) is 4.96. The summed E-state index contributed by atoms with van der Waals surface area (Å²) in [4.78, 5) is 15.9. The molecule has 1 saturated heterocycles. The number of hydrogen-bond acceptors (Lipinski definition) is 5. The molecule has 0 spiro atoms. The lowest BCUT2D eigenvalue weighted by atomic mass is 9.96. The van der Waals surface area contributed by atoms with E-state index in [1.54, 1.807) is 13.0 Å². The summed E-state index contributed by atoms with van der Waals surface area (Å²) in [5, 5.41) is 13.2. The summed E-state index contributed by atoms with van der Waals surface area (Å²) >= 11 is 0. The highest BCUT2D eigenvalue weighted by molar-refractivity contribution is 5.49. The van der Waals surface area contributed by atoms with Crippen LogP contribution >= 0.6 is 0 Å². The average molecular weight is 276 g/mol. The van der Waals surface area contributed by atoms with Crippen molar-refractivity contribution in [2.24, 2.45) is 5.92 Å². The summed E-state index contributed by atoms with van der Waals surface area (Å²) in [5.74, 6) is 2.16. The molecule has 3 N–H and O–H groups in total. The molecule has 2 aromatic heterocycles. The molecule has 1 aliphatic rings. The lowest BCUT2D eigenvalue weighted by Gasteiger charge is -2.22. The standard InChI is InChI=1S/C13H20N6O/c1-9-16-11(7-12-17-18-13(20)19(9)12)15-6-4-10-3-2-5-14-8-10/h7,10,14-15H,2-6,8H2,1H3,(H,18,20). The Morgan fingerprint density at radius 1 is 1.55 bits per heavy atom. The van der Waals surface area contributed by atoms with Crippen molar-refractivity contribution >= 4 is 11.5 Å². The zero-order valence-electron chi connectivity index (χ0n) is 11.6. The van der Waals surface area contributed by atoms with Crippen molar-refractivity contribution in [2.45, 2.75) is 26.2 Å². The Hall–Kier alpha value is -1.89. The molecule has 1 aliphatic heterocycles. The maximum Gasteiger partial charge on any atom is 0.349 e. The lowest BCUT2D eigenvalue weighted by molar-refractivity contribution is 0.364. The smallest absolute Gasteiger partial charge is 0.349 e. The van der Waals surface area contributed by atoms with Gasteiger partial charge in [0, 0.05) is 12.6 Å². The van der Waals surface area contributed by atoms with Crippen molar-refractivity contribution in [1.29, 1.82) is 0 Å². The summed E-state index contributed by atoms with van der Waals surface area (Å²) in [7, 11) is 0. The summed E-state index contributed by atoms with van der Waals surface area (Å²) in [6.07, 6.45) is 3.70. The number of aryl methyl sites for hydroxylation is 1. The minimum Gasteiger partial charge on any atom is -0.370 e. The minimum atomic E-state index is -0.246. The number of anilines is 1. The van der Waals surface area contributed by atoms with E-state index in [2.05, 4.69) is 25.8 Å². The summed E-state index contributed by atoms with van der Waals surface area (Å²) in [6, 6.07) is 1.80. The molecular formula is C13H20N6O. The maximum atomic E-state index is 11.5. The number of H-pyrrole nitrogens is 1. The summed E-state index contributed by atoms with van der Waals surface area (Å²) < 4.78 is 1.47. The zero-order chi connectivity index (χ0) is 13.9. The van der Waals surface area contributed by atoms with Gasteiger partial charge in [0.25, 0.3) is 0 Å². The molecule has 0 saturated carbocycles. The molecule has 2 aromatic rings. The first-order valence-corrected chi connectivity index (χ1v) is 7.13. The van der Waals surface area contributed by atoms with E-state index in [1.807, 2.05) is 0 Å². The molecule has 3 heterocycles. The summed E-state index contributed by atoms with van der Waals surface area (Å²) in [5.41, 5.74) is 0.356. The Bertz CT molecular complexity index is 640. The fourth-order valence-corrected chi connectivity index (χ4v) is 2.76. The van der Waals surface area contributed by atoms with Crippen molar-refractivity contribution in [2.75, 3.05) is 25.0 Å². The van der Waals surface area contributed by atoms with E-state index in [9.17, 15) is 4.79 Å². The van der Waals surface area contributed by atoms with Gasteiger partial charge in [0.15, 0.2) is 5.65 Å².